The highest BCUT2D eigenvalue weighted by Crippen LogP contribution is 2.15. The molecule has 4 heteroatoms. The summed E-state index contributed by atoms with van der Waals surface area (Å²) >= 11 is 0. The molecule has 0 atom stereocenters. The molecular formula is C8H12N2O2. The molecule has 1 saturated carbocycles. The van der Waals surface area contributed by atoms with Crippen LogP contribution in [0.25, 0.3) is 0 Å². The quantitative estimate of drug-likeness (QED) is 0.257. The Morgan fingerprint density at radius 1 is 1.33 bits per heavy atom. The summed E-state index contributed by atoms with van der Waals surface area (Å²) in [6, 6.07) is 0. The van der Waals surface area contributed by atoms with Crippen molar-refractivity contribution >= 4 is 11.6 Å². The second kappa shape index (κ2) is 4.13. The third kappa shape index (κ3) is 1.99. The first kappa shape index (κ1) is 9.09. The zero-order chi connectivity index (χ0) is 8.97. The number of rotatable bonds is 2. The predicted molar refractivity (Wildman–Crippen MR) is 44.1 cm³/mol. The van der Waals surface area contributed by atoms with Gasteiger partial charge in [-0.05, 0) is 6.42 Å². The molecule has 1 aliphatic rings. The minimum Gasteiger partial charge on any atom is -0.294 e. The topological polar surface area (TPSA) is 72.2 Å². The Bertz CT molecular complexity index is 215. The first-order valence-electron chi connectivity index (χ1n) is 3.95. The molecule has 1 fully saturated rings. The molecule has 0 aliphatic heterocycles. The fourth-order valence-corrected chi connectivity index (χ4v) is 1.22. The van der Waals surface area contributed by atoms with Crippen LogP contribution < -0.4 is 11.3 Å². The van der Waals surface area contributed by atoms with Gasteiger partial charge in [-0.3, -0.25) is 20.9 Å². The highest BCUT2D eigenvalue weighted by atomic mass is 16.1. The summed E-state index contributed by atoms with van der Waals surface area (Å²) < 4.78 is 0. The Morgan fingerprint density at radius 2 is 1.92 bits per heavy atom. The number of hydrogen-bond acceptors (Lipinski definition) is 4. The zero-order valence-corrected chi connectivity index (χ0v) is 6.80. The molecule has 1 rings (SSSR count). The first-order chi connectivity index (χ1) is 5.75. The number of Topliss-reactive ketones (excluding diaryl/α,β-unsaturated/α-hetero) is 2. The Balaban J connectivity index is 2.69. The number of hydrogen-bond donors (Lipinski definition) is 2. The first-order valence-corrected chi connectivity index (χ1v) is 3.95. The highest BCUT2D eigenvalue weighted by molar-refractivity contribution is 6.21. The van der Waals surface area contributed by atoms with Crippen molar-refractivity contribution in [3.8, 4) is 0 Å². The normalized spacial score (nSPS) is 18.2. The predicted octanol–water partition coefficient (Wildman–Crippen LogP) is -0.302. The zero-order valence-electron chi connectivity index (χ0n) is 6.80. The van der Waals surface area contributed by atoms with Crippen molar-refractivity contribution in [1.29, 1.82) is 0 Å². The molecule has 0 saturated heterocycles. The second-order valence-corrected chi connectivity index (χ2v) is 2.73. The number of carbonyl (C=O) groups excluding carboxylic acids is 2. The van der Waals surface area contributed by atoms with E-state index in [0.29, 0.717) is 31.4 Å². The van der Waals surface area contributed by atoms with Gasteiger partial charge >= 0.3 is 0 Å². The summed E-state index contributed by atoms with van der Waals surface area (Å²) in [6.07, 6.45) is 3.22. The molecule has 0 amide bonds. The van der Waals surface area contributed by atoms with Gasteiger partial charge in [0.2, 0.25) is 0 Å². The number of hydrazine groups is 1. The van der Waals surface area contributed by atoms with Crippen molar-refractivity contribution in [2.24, 2.45) is 5.84 Å². The van der Waals surface area contributed by atoms with Crippen LogP contribution in [0.1, 0.15) is 19.3 Å². The van der Waals surface area contributed by atoms with Crippen LogP contribution in [0.15, 0.2) is 11.6 Å². The highest BCUT2D eigenvalue weighted by Gasteiger charge is 2.21. The number of nitrogens with one attached hydrogen (secondary N) is 1. The van der Waals surface area contributed by atoms with Gasteiger partial charge in [0.15, 0.2) is 11.6 Å². The molecule has 0 unspecified atom stereocenters. The Morgan fingerprint density at radius 3 is 2.42 bits per heavy atom. The molecule has 0 aromatic rings. The van der Waals surface area contributed by atoms with Crippen LogP contribution in [0.2, 0.25) is 0 Å². The van der Waals surface area contributed by atoms with Crippen molar-refractivity contribution in [1.82, 2.24) is 5.43 Å². The van der Waals surface area contributed by atoms with Crippen molar-refractivity contribution in [2.75, 3.05) is 6.54 Å². The molecule has 3 N–H and O–H groups in total. The van der Waals surface area contributed by atoms with Gasteiger partial charge in [-0.15, -0.1) is 0 Å². The molecular weight excluding hydrogens is 156 g/mol. The average Bonchev–Trinajstić information content (AvgIpc) is 2.04. The number of ketones is 2. The van der Waals surface area contributed by atoms with Crippen molar-refractivity contribution in [3.63, 3.8) is 0 Å². The van der Waals surface area contributed by atoms with Gasteiger partial charge < -0.3 is 0 Å². The van der Waals surface area contributed by atoms with Gasteiger partial charge in [0, 0.05) is 19.4 Å². The molecule has 4 nitrogen and oxygen atoms in total. The van der Waals surface area contributed by atoms with E-state index in [1.165, 1.54) is 0 Å². The third-order valence-electron chi connectivity index (χ3n) is 1.83. The van der Waals surface area contributed by atoms with Gasteiger partial charge in [-0.25, -0.2) is 0 Å². The van der Waals surface area contributed by atoms with Crippen LogP contribution in [-0.2, 0) is 9.59 Å². The summed E-state index contributed by atoms with van der Waals surface area (Å²) in [5.41, 5.74) is 2.69. The van der Waals surface area contributed by atoms with E-state index in [2.05, 4.69) is 5.43 Å². The van der Waals surface area contributed by atoms with Crippen LogP contribution in [0, 0.1) is 0 Å². The maximum absolute atomic E-state index is 11.2. The molecule has 0 radical (unpaired) electrons. The van der Waals surface area contributed by atoms with Gasteiger partial charge in [-0.2, -0.15) is 0 Å². The Hall–Kier alpha value is -1.00. The van der Waals surface area contributed by atoms with E-state index >= 15 is 0 Å². The summed E-state index contributed by atoms with van der Waals surface area (Å²) in [7, 11) is 0. The minimum atomic E-state index is -0.0542. The molecule has 0 heterocycles. The standard InChI is InChI=1S/C8H12N2O2/c9-10-5-4-6-7(11)2-1-3-8(6)12/h4,10H,1-3,5,9H2. The van der Waals surface area contributed by atoms with Crippen LogP contribution in [0.4, 0.5) is 0 Å². The van der Waals surface area contributed by atoms with Crippen molar-refractivity contribution < 1.29 is 9.59 Å². The summed E-state index contributed by atoms with van der Waals surface area (Å²) in [5.74, 6) is 4.91. The van der Waals surface area contributed by atoms with E-state index in [0.717, 1.165) is 0 Å². The second-order valence-electron chi connectivity index (χ2n) is 2.73. The van der Waals surface area contributed by atoms with Crippen LogP contribution in [-0.4, -0.2) is 18.1 Å². The van der Waals surface area contributed by atoms with E-state index in [1.54, 1.807) is 6.08 Å². The summed E-state index contributed by atoms with van der Waals surface area (Å²) in [5, 5.41) is 0. The molecule has 0 aromatic carbocycles. The lowest BCUT2D eigenvalue weighted by Crippen LogP contribution is -2.25. The molecule has 66 valence electrons. The van der Waals surface area contributed by atoms with E-state index < -0.39 is 0 Å². The molecule has 1 aliphatic carbocycles. The van der Waals surface area contributed by atoms with Gasteiger partial charge in [-0.1, -0.05) is 6.08 Å². The average molecular weight is 168 g/mol. The van der Waals surface area contributed by atoms with Gasteiger partial charge in [0.1, 0.15) is 0 Å². The summed E-state index contributed by atoms with van der Waals surface area (Å²) in [6.45, 7) is 0.368. The monoisotopic (exact) mass is 168 g/mol. The van der Waals surface area contributed by atoms with E-state index in [1.807, 2.05) is 0 Å². The lowest BCUT2D eigenvalue weighted by Gasteiger charge is -2.10. The lowest BCUT2D eigenvalue weighted by molar-refractivity contribution is -0.123. The maximum Gasteiger partial charge on any atom is 0.166 e. The Kier molecular flexibility index (Phi) is 3.13. The number of nitrogens with two attached hydrogens (primary N) is 1. The minimum absolute atomic E-state index is 0.0542. The van der Waals surface area contributed by atoms with Gasteiger partial charge in [0.25, 0.3) is 0 Å². The van der Waals surface area contributed by atoms with Crippen molar-refractivity contribution in [3.05, 3.63) is 11.6 Å². The molecule has 0 aromatic heterocycles. The SMILES string of the molecule is NNCC=C1C(=O)CCCC1=O. The van der Waals surface area contributed by atoms with Crippen molar-refractivity contribution in [2.45, 2.75) is 19.3 Å². The van der Waals surface area contributed by atoms with Crippen LogP contribution >= 0.6 is 0 Å². The molecule has 0 bridgehead atoms. The number of allylic oxidation sites excluding steroid dienone is 1. The van der Waals surface area contributed by atoms with E-state index in [9.17, 15) is 9.59 Å². The molecule has 0 spiro atoms. The van der Waals surface area contributed by atoms with E-state index in [4.69, 9.17) is 5.84 Å². The van der Waals surface area contributed by atoms with Crippen LogP contribution in [0.5, 0.6) is 0 Å². The van der Waals surface area contributed by atoms with Gasteiger partial charge in [0.05, 0.1) is 5.57 Å². The fourth-order valence-electron chi connectivity index (χ4n) is 1.22. The lowest BCUT2D eigenvalue weighted by atomic mass is 9.92. The summed E-state index contributed by atoms with van der Waals surface area (Å²) in [4.78, 5) is 22.3. The van der Waals surface area contributed by atoms with Crippen LogP contribution in [0.3, 0.4) is 0 Å². The molecule has 12 heavy (non-hydrogen) atoms. The Labute approximate surface area is 70.8 Å². The largest absolute Gasteiger partial charge is 0.294 e. The fraction of sp³-hybridized carbons (Fsp3) is 0.500. The third-order valence-corrected chi connectivity index (χ3v) is 1.83. The number of carbonyl (C=O) groups is 2. The smallest absolute Gasteiger partial charge is 0.166 e. The van der Waals surface area contributed by atoms with E-state index in [-0.39, 0.29) is 11.6 Å². The maximum atomic E-state index is 11.2.